The Hall–Kier alpha value is -2.89. The number of hydrogen-bond donors (Lipinski definition) is 0. The van der Waals surface area contributed by atoms with Crippen LogP contribution in [0.4, 0.5) is 0 Å². The molecule has 0 saturated carbocycles. The van der Waals surface area contributed by atoms with Crippen molar-refractivity contribution in [2.75, 3.05) is 0 Å². The minimum Gasteiger partial charge on any atom is -0.265 e. The maximum atomic E-state index is 4.61. The first-order chi connectivity index (χ1) is 10.2. The highest BCUT2D eigenvalue weighted by Crippen LogP contribution is 2.23. The van der Waals surface area contributed by atoms with E-state index in [2.05, 4.69) is 25.1 Å². The molecule has 4 aromatic rings. The van der Waals surface area contributed by atoms with Gasteiger partial charge < -0.3 is 0 Å². The minimum atomic E-state index is 0.729. The van der Waals surface area contributed by atoms with Crippen LogP contribution in [0, 0.1) is 13.8 Å². The van der Waals surface area contributed by atoms with Gasteiger partial charge in [0, 0.05) is 23.7 Å². The second-order valence-electron chi connectivity index (χ2n) is 4.91. The molecule has 0 amide bonds. The Balaban J connectivity index is 2.19. The van der Waals surface area contributed by atoms with E-state index >= 15 is 0 Å². The molecule has 0 N–H and O–H groups in total. The van der Waals surface area contributed by atoms with Gasteiger partial charge in [0.1, 0.15) is 5.52 Å². The monoisotopic (exact) mass is 276 g/mol. The van der Waals surface area contributed by atoms with Crippen molar-refractivity contribution >= 4 is 16.8 Å². The van der Waals surface area contributed by atoms with Gasteiger partial charge in [0.25, 0.3) is 0 Å². The second kappa shape index (κ2) is 4.31. The Kier molecular flexibility index (Phi) is 2.44. The van der Waals surface area contributed by atoms with Crippen LogP contribution in [-0.4, -0.2) is 29.5 Å². The summed E-state index contributed by atoms with van der Waals surface area (Å²) in [6.45, 7) is 3.89. The van der Waals surface area contributed by atoms with Gasteiger partial charge in [0.05, 0.1) is 5.69 Å². The standard InChI is InChI=1S/C15H12N6/c1-9-3-4-12-15(17-9)21-13(10(2)18-12)19-20-14(21)11-5-7-16-8-6-11/h3-8H,1-2H3. The highest BCUT2D eigenvalue weighted by Gasteiger charge is 2.15. The topological polar surface area (TPSA) is 68.9 Å². The summed E-state index contributed by atoms with van der Waals surface area (Å²) in [5, 5.41) is 8.58. The van der Waals surface area contributed by atoms with Gasteiger partial charge in [-0.25, -0.2) is 9.97 Å². The number of nitrogens with zero attached hydrogens (tertiary/aromatic N) is 6. The third-order valence-electron chi connectivity index (χ3n) is 3.42. The molecule has 6 nitrogen and oxygen atoms in total. The largest absolute Gasteiger partial charge is 0.265 e. The number of aryl methyl sites for hydroxylation is 2. The van der Waals surface area contributed by atoms with Crippen molar-refractivity contribution in [2.24, 2.45) is 0 Å². The molecular formula is C15H12N6. The molecule has 21 heavy (non-hydrogen) atoms. The van der Waals surface area contributed by atoms with E-state index in [0.717, 1.165) is 39.6 Å². The normalized spacial score (nSPS) is 11.3. The van der Waals surface area contributed by atoms with Crippen LogP contribution in [0.25, 0.3) is 28.2 Å². The van der Waals surface area contributed by atoms with Crippen LogP contribution in [0.2, 0.25) is 0 Å². The Morgan fingerprint density at radius 3 is 2.48 bits per heavy atom. The molecule has 0 bridgehead atoms. The van der Waals surface area contributed by atoms with Crippen molar-refractivity contribution in [1.82, 2.24) is 29.5 Å². The molecule has 0 unspecified atom stereocenters. The molecule has 0 aromatic carbocycles. The maximum Gasteiger partial charge on any atom is 0.184 e. The molecular weight excluding hydrogens is 264 g/mol. The molecule has 102 valence electrons. The number of fused-ring (bicyclic) bond motifs is 3. The molecule has 0 radical (unpaired) electrons. The van der Waals surface area contributed by atoms with Crippen molar-refractivity contribution in [3.05, 3.63) is 48.0 Å². The van der Waals surface area contributed by atoms with Gasteiger partial charge >= 0.3 is 0 Å². The predicted octanol–water partition coefficient (Wildman–Crippen LogP) is 2.35. The molecule has 0 atom stereocenters. The van der Waals surface area contributed by atoms with Crippen molar-refractivity contribution < 1.29 is 0 Å². The average Bonchev–Trinajstić information content (AvgIpc) is 2.95. The van der Waals surface area contributed by atoms with Crippen LogP contribution in [-0.2, 0) is 0 Å². The highest BCUT2D eigenvalue weighted by atomic mass is 15.3. The Morgan fingerprint density at radius 1 is 0.857 bits per heavy atom. The number of rotatable bonds is 1. The second-order valence-corrected chi connectivity index (χ2v) is 4.91. The van der Waals surface area contributed by atoms with Gasteiger partial charge in [-0.1, -0.05) is 0 Å². The highest BCUT2D eigenvalue weighted by molar-refractivity contribution is 5.77. The molecule has 0 aliphatic carbocycles. The van der Waals surface area contributed by atoms with Gasteiger partial charge in [-0.15, -0.1) is 10.2 Å². The van der Waals surface area contributed by atoms with Crippen LogP contribution in [0.5, 0.6) is 0 Å². The zero-order chi connectivity index (χ0) is 14.4. The summed E-state index contributed by atoms with van der Waals surface area (Å²) < 4.78 is 1.96. The zero-order valence-electron chi connectivity index (χ0n) is 11.6. The molecule has 4 rings (SSSR count). The summed E-state index contributed by atoms with van der Waals surface area (Å²) >= 11 is 0. The lowest BCUT2D eigenvalue weighted by molar-refractivity contribution is 1.09. The van der Waals surface area contributed by atoms with Crippen molar-refractivity contribution in [3.63, 3.8) is 0 Å². The zero-order valence-corrected chi connectivity index (χ0v) is 11.6. The summed E-state index contributed by atoms with van der Waals surface area (Å²) in [7, 11) is 0. The van der Waals surface area contributed by atoms with Gasteiger partial charge in [-0.3, -0.25) is 9.38 Å². The van der Waals surface area contributed by atoms with Gasteiger partial charge in [0.15, 0.2) is 17.1 Å². The third kappa shape index (κ3) is 1.76. The van der Waals surface area contributed by atoms with E-state index in [9.17, 15) is 0 Å². The van der Waals surface area contributed by atoms with E-state index in [0.29, 0.717) is 0 Å². The number of pyridine rings is 2. The van der Waals surface area contributed by atoms with Crippen LogP contribution in [0.1, 0.15) is 11.4 Å². The van der Waals surface area contributed by atoms with E-state index in [4.69, 9.17) is 0 Å². The van der Waals surface area contributed by atoms with E-state index in [1.54, 1.807) is 12.4 Å². The van der Waals surface area contributed by atoms with Crippen molar-refractivity contribution in [1.29, 1.82) is 0 Å². The van der Waals surface area contributed by atoms with Crippen molar-refractivity contribution in [3.8, 4) is 11.4 Å². The van der Waals surface area contributed by atoms with Gasteiger partial charge in [-0.2, -0.15) is 0 Å². The lowest BCUT2D eigenvalue weighted by atomic mass is 10.2. The molecule has 6 heteroatoms. The van der Waals surface area contributed by atoms with E-state index in [1.165, 1.54) is 0 Å². The number of hydrogen-bond acceptors (Lipinski definition) is 5. The first-order valence-corrected chi connectivity index (χ1v) is 6.63. The SMILES string of the molecule is Cc1ccc2nc(C)c3nnc(-c4ccncc4)n3c2n1. The Labute approximate surface area is 120 Å². The molecule has 0 fully saturated rings. The third-order valence-corrected chi connectivity index (χ3v) is 3.42. The first-order valence-electron chi connectivity index (χ1n) is 6.63. The Morgan fingerprint density at radius 2 is 1.67 bits per heavy atom. The van der Waals surface area contributed by atoms with Crippen LogP contribution < -0.4 is 0 Å². The first kappa shape index (κ1) is 11.9. The quantitative estimate of drug-likeness (QED) is 0.534. The summed E-state index contributed by atoms with van der Waals surface area (Å²) in [6.07, 6.45) is 3.48. The molecule has 0 saturated heterocycles. The van der Waals surface area contributed by atoms with Crippen LogP contribution in [0.15, 0.2) is 36.7 Å². The fraction of sp³-hybridized carbons (Fsp3) is 0.133. The van der Waals surface area contributed by atoms with Gasteiger partial charge in [-0.05, 0) is 38.1 Å². The minimum absolute atomic E-state index is 0.729. The van der Waals surface area contributed by atoms with E-state index < -0.39 is 0 Å². The summed E-state index contributed by atoms with van der Waals surface area (Å²) in [6, 6.07) is 7.75. The molecule has 4 aromatic heterocycles. The fourth-order valence-corrected chi connectivity index (χ4v) is 2.43. The summed E-state index contributed by atoms with van der Waals surface area (Å²) in [5.41, 5.74) is 5.05. The predicted molar refractivity (Wildman–Crippen MR) is 78.8 cm³/mol. The number of aromatic nitrogens is 6. The smallest absolute Gasteiger partial charge is 0.184 e. The van der Waals surface area contributed by atoms with Crippen LogP contribution >= 0.6 is 0 Å². The summed E-state index contributed by atoms with van der Waals surface area (Å²) in [4.78, 5) is 13.2. The van der Waals surface area contributed by atoms with E-state index in [-0.39, 0.29) is 0 Å². The lowest BCUT2D eigenvalue weighted by Crippen LogP contribution is -2.00. The average molecular weight is 276 g/mol. The fourth-order valence-electron chi connectivity index (χ4n) is 2.43. The molecule has 4 heterocycles. The lowest BCUT2D eigenvalue weighted by Gasteiger charge is -2.06. The van der Waals surface area contributed by atoms with E-state index in [1.807, 2.05) is 42.5 Å². The van der Waals surface area contributed by atoms with Crippen LogP contribution in [0.3, 0.4) is 0 Å². The van der Waals surface area contributed by atoms with Crippen molar-refractivity contribution in [2.45, 2.75) is 13.8 Å². The molecule has 0 aliphatic heterocycles. The molecule has 0 aliphatic rings. The maximum absolute atomic E-state index is 4.61. The van der Waals surface area contributed by atoms with Gasteiger partial charge in [0.2, 0.25) is 0 Å². The summed E-state index contributed by atoms with van der Waals surface area (Å²) in [5.74, 6) is 0.751. The molecule has 0 spiro atoms. The Bertz CT molecular complexity index is 958.